The summed E-state index contributed by atoms with van der Waals surface area (Å²) in [5.74, 6) is -0.929. The standard InChI is InChI=1S/C13H11BN2O4S/c14-9-16(12-3-1-2-8-15-12)21(19,20)11-6-4-10(5-7-11)13(17)18/h1-8H,9H2,(H,17,18). The zero-order valence-electron chi connectivity index (χ0n) is 10.9. The van der Waals surface area contributed by atoms with Crippen molar-refractivity contribution in [2.24, 2.45) is 0 Å². The summed E-state index contributed by atoms with van der Waals surface area (Å²) in [7, 11) is 1.63. The SMILES string of the molecule is [B]CN(c1ccccn1)S(=O)(=O)c1ccc(C(=O)O)cc1. The maximum Gasteiger partial charge on any atom is 0.335 e. The van der Waals surface area contributed by atoms with Crippen molar-refractivity contribution < 1.29 is 18.3 Å². The van der Waals surface area contributed by atoms with Crippen molar-refractivity contribution in [3.05, 3.63) is 54.2 Å². The molecule has 0 saturated heterocycles. The van der Waals surface area contributed by atoms with Gasteiger partial charge in [0.2, 0.25) is 0 Å². The average Bonchev–Trinajstić information content (AvgIpc) is 2.49. The number of carbonyl (C=O) groups is 1. The Bertz CT molecular complexity index is 733. The molecule has 106 valence electrons. The molecule has 0 aliphatic rings. The normalized spacial score (nSPS) is 11.0. The van der Waals surface area contributed by atoms with Crippen LogP contribution in [0.5, 0.6) is 0 Å². The number of nitrogens with zero attached hydrogens (tertiary/aromatic N) is 2. The monoisotopic (exact) mass is 302 g/mol. The summed E-state index contributed by atoms with van der Waals surface area (Å²) in [6.45, 7) is 0. The first kappa shape index (κ1) is 15.1. The second kappa shape index (κ2) is 5.96. The number of hydrogen-bond donors (Lipinski definition) is 1. The molecule has 0 aliphatic carbocycles. The zero-order valence-corrected chi connectivity index (χ0v) is 11.7. The van der Waals surface area contributed by atoms with Gasteiger partial charge in [-0.15, -0.1) is 0 Å². The lowest BCUT2D eigenvalue weighted by molar-refractivity contribution is 0.0697. The third-order valence-corrected chi connectivity index (χ3v) is 4.54. The van der Waals surface area contributed by atoms with Gasteiger partial charge < -0.3 is 5.11 Å². The number of pyridine rings is 1. The van der Waals surface area contributed by atoms with E-state index in [1.807, 2.05) is 0 Å². The van der Waals surface area contributed by atoms with Crippen LogP contribution in [0.25, 0.3) is 0 Å². The zero-order chi connectivity index (χ0) is 15.5. The van der Waals surface area contributed by atoms with Crippen molar-refractivity contribution in [3.63, 3.8) is 0 Å². The Morgan fingerprint density at radius 3 is 2.33 bits per heavy atom. The Balaban J connectivity index is 2.42. The number of sulfonamides is 1. The van der Waals surface area contributed by atoms with Crippen LogP contribution in [0, 0.1) is 0 Å². The van der Waals surface area contributed by atoms with Crippen LogP contribution in [-0.4, -0.2) is 38.8 Å². The van der Waals surface area contributed by atoms with Gasteiger partial charge in [0.05, 0.1) is 18.3 Å². The number of aromatic carboxylic acids is 1. The molecule has 0 aliphatic heterocycles. The fourth-order valence-electron chi connectivity index (χ4n) is 1.71. The largest absolute Gasteiger partial charge is 0.478 e. The summed E-state index contributed by atoms with van der Waals surface area (Å²) in [5.41, 5.74) is 0.00563. The number of benzene rings is 1. The third kappa shape index (κ3) is 3.05. The minimum atomic E-state index is -3.89. The van der Waals surface area contributed by atoms with Crippen LogP contribution in [0.1, 0.15) is 10.4 Å². The van der Waals surface area contributed by atoms with Gasteiger partial charge in [-0.05, 0) is 42.8 Å². The molecular weight excluding hydrogens is 291 g/mol. The summed E-state index contributed by atoms with van der Waals surface area (Å²) in [6.07, 6.45) is 1.18. The lowest BCUT2D eigenvalue weighted by atomic mass is 10.2. The Hall–Kier alpha value is -2.35. The molecule has 2 radical (unpaired) electrons. The lowest BCUT2D eigenvalue weighted by Gasteiger charge is -2.22. The molecule has 0 spiro atoms. The van der Waals surface area contributed by atoms with E-state index in [0.717, 1.165) is 4.31 Å². The number of anilines is 1. The van der Waals surface area contributed by atoms with Crippen molar-refractivity contribution in [2.45, 2.75) is 4.90 Å². The molecule has 6 nitrogen and oxygen atoms in total. The molecule has 21 heavy (non-hydrogen) atoms. The number of carboxylic acids is 1. The van der Waals surface area contributed by atoms with Crippen molar-refractivity contribution in [3.8, 4) is 0 Å². The van der Waals surface area contributed by atoms with Gasteiger partial charge in [0.1, 0.15) is 5.82 Å². The first-order chi connectivity index (χ1) is 9.96. The maximum absolute atomic E-state index is 12.5. The summed E-state index contributed by atoms with van der Waals surface area (Å²) < 4.78 is 26.0. The van der Waals surface area contributed by atoms with Crippen LogP contribution in [-0.2, 0) is 10.0 Å². The molecule has 0 atom stereocenters. The number of carboxylic acid groups (broad SMARTS) is 1. The van der Waals surface area contributed by atoms with Gasteiger partial charge >= 0.3 is 5.97 Å². The smallest absolute Gasteiger partial charge is 0.335 e. The van der Waals surface area contributed by atoms with E-state index in [4.69, 9.17) is 13.0 Å². The van der Waals surface area contributed by atoms with E-state index in [9.17, 15) is 13.2 Å². The first-order valence-corrected chi connectivity index (χ1v) is 7.38. The summed E-state index contributed by atoms with van der Waals surface area (Å²) in [6, 6.07) is 9.73. The van der Waals surface area contributed by atoms with E-state index >= 15 is 0 Å². The van der Waals surface area contributed by atoms with Gasteiger partial charge in [0.25, 0.3) is 10.0 Å². The summed E-state index contributed by atoms with van der Waals surface area (Å²) >= 11 is 0. The van der Waals surface area contributed by atoms with E-state index in [1.165, 1.54) is 36.5 Å². The topological polar surface area (TPSA) is 87.6 Å². The van der Waals surface area contributed by atoms with E-state index in [1.54, 1.807) is 12.1 Å². The minimum absolute atomic E-state index is 0.00563. The molecule has 1 aromatic heterocycles. The molecule has 0 amide bonds. The average molecular weight is 302 g/mol. The number of hydrogen-bond acceptors (Lipinski definition) is 4. The highest BCUT2D eigenvalue weighted by molar-refractivity contribution is 7.92. The van der Waals surface area contributed by atoms with Crippen LogP contribution in [0.2, 0.25) is 0 Å². The predicted molar refractivity (Wildman–Crippen MR) is 77.9 cm³/mol. The second-order valence-electron chi connectivity index (χ2n) is 4.05. The van der Waals surface area contributed by atoms with E-state index in [-0.39, 0.29) is 22.7 Å². The molecule has 1 heterocycles. The highest BCUT2D eigenvalue weighted by Gasteiger charge is 2.24. The van der Waals surface area contributed by atoms with Crippen molar-refractivity contribution in [1.29, 1.82) is 0 Å². The molecule has 8 heteroatoms. The van der Waals surface area contributed by atoms with Crippen molar-refractivity contribution in [1.82, 2.24) is 4.98 Å². The van der Waals surface area contributed by atoms with Crippen LogP contribution < -0.4 is 4.31 Å². The first-order valence-electron chi connectivity index (χ1n) is 5.94. The highest BCUT2D eigenvalue weighted by atomic mass is 32.2. The van der Waals surface area contributed by atoms with Crippen LogP contribution in [0.4, 0.5) is 5.82 Å². The van der Waals surface area contributed by atoms with E-state index in [0.29, 0.717) is 0 Å². The minimum Gasteiger partial charge on any atom is -0.478 e. The summed E-state index contributed by atoms with van der Waals surface area (Å²) in [5, 5.41) is 8.82. The van der Waals surface area contributed by atoms with Gasteiger partial charge in [-0.25, -0.2) is 18.2 Å². The maximum atomic E-state index is 12.5. The molecule has 2 aromatic rings. The quantitative estimate of drug-likeness (QED) is 0.836. The Morgan fingerprint density at radius 1 is 1.19 bits per heavy atom. The van der Waals surface area contributed by atoms with Gasteiger partial charge in [-0.1, -0.05) is 6.07 Å². The number of aromatic nitrogens is 1. The van der Waals surface area contributed by atoms with E-state index in [2.05, 4.69) is 4.98 Å². The Labute approximate surface area is 123 Å². The van der Waals surface area contributed by atoms with Crippen LogP contribution in [0.15, 0.2) is 53.6 Å². The Kier molecular flexibility index (Phi) is 4.27. The predicted octanol–water partition coefficient (Wildman–Crippen LogP) is 1.10. The Morgan fingerprint density at radius 2 is 1.86 bits per heavy atom. The molecule has 0 bridgehead atoms. The van der Waals surface area contributed by atoms with Crippen molar-refractivity contribution >= 4 is 29.7 Å². The van der Waals surface area contributed by atoms with Gasteiger partial charge in [0, 0.05) is 6.20 Å². The third-order valence-electron chi connectivity index (χ3n) is 2.76. The van der Waals surface area contributed by atoms with Crippen LogP contribution in [0.3, 0.4) is 0 Å². The fraction of sp³-hybridized carbons (Fsp3) is 0.0769. The highest BCUT2D eigenvalue weighted by Crippen LogP contribution is 2.21. The van der Waals surface area contributed by atoms with Crippen molar-refractivity contribution in [2.75, 3.05) is 10.7 Å². The molecular formula is C13H11BN2O4S. The molecule has 1 aromatic carbocycles. The van der Waals surface area contributed by atoms with E-state index < -0.39 is 16.0 Å². The van der Waals surface area contributed by atoms with Gasteiger partial charge in [0.15, 0.2) is 0 Å². The second-order valence-corrected chi connectivity index (χ2v) is 5.92. The fourth-order valence-corrected chi connectivity index (χ4v) is 3.00. The lowest BCUT2D eigenvalue weighted by Crippen LogP contribution is -2.32. The molecule has 0 unspecified atom stereocenters. The molecule has 0 fully saturated rings. The molecule has 0 saturated carbocycles. The van der Waals surface area contributed by atoms with Crippen LogP contribution >= 0.6 is 0 Å². The summed E-state index contributed by atoms with van der Waals surface area (Å²) in [4.78, 5) is 14.7. The number of rotatable bonds is 5. The molecule has 2 rings (SSSR count). The van der Waals surface area contributed by atoms with Gasteiger partial charge in [-0.2, -0.15) is 0 Å². The van der Waals surface area contributed by atoms with Gasteiger partial charge in [-0.3, -0.25) is 4.31 Å². The molecule has 1 N–H and O–H groups in total.